The number of allylic oxidation sites excluding steroid dienone is 1. The number of carbonyl (C=O) groups excluding carboxylic acids is 1. The van der Waals surface area contributed by atoms with Crippen molar-refractivity contribution >= 4 is 22.6 Å². The molecular weight excluding hydrogens is 470 g/mol. The summed E-state index contributed by atoms with van der Waals surface area (Å²) < 4.78 is 6.45. The van der Waals surface area contributed by atoms with Crippen LogP contribution < -0.4 is 0 Å². The van der Waals surface area contributed by atoms with Gasteiger partial charge < -0.3 is 14.6 Å². The first-order chi connectivity index (χ1) is 18.3. The molecule has 2 bridgehead atoms. The van der Waals surface area contributed by atoms with Gasteiger partial charge in [-0.2, -0.15) is 0 Å². The Labute approximate surface area is 227 Å². The SMILES string of the molecule is Cc1cccc(C)c1C1=C[C@@H]2CC[C@H]1C[C@@]2(CCN(C)CCCc1nc2ccccc2[nH]1)OC(=O)C(C)C. The lowest BCUT2D eigenvalue weighted by atomic mass is 9.60. The molecule has 1 N–H and O–H groups in total. The van der Waals surface area contributed by atoms with Gasteiger partial charge in [0, 0.05) is 25.3 Å². The van der Waals surface area contributed by atoms with Crippen molar-refractivity contribution < 1.29 is 9.53 Å². The van der Waals surface area contributed by atoms with E-state index in [1.807, 2.05) is 26.0 Å². The average molecular weight is 514 g/mol. The monoisotopic (exact) mass is 513 g/mol. The van der Waals surface area contributed by atoms with E-state index in [0.717, 1.165) is 62.1 Å². The molecule has 3 aliphatic carbocycles. The van der Waals surface area contributed by atoms with Gasteiger partial charge in [0.25, 0.3) is 0 Å². The van der Waals surface area contributed by atoms with Crippen molar-refractivity contribution in [3.63, 3.8) is 0 Å². The molecule has 6 rings (SSSR count). The zero-order chi connectivity index (χ0) is 26.9. The maximum atomic E-state index is 12.9. The number of nitrogens with zero attached hydrogens (tertiary/aromatic N) is 2. The summed E-state index contributed by atoms with van der Waals surface area (Å²) in [6.07, 6.45) is 8.53. The molecule has 0 saturated heterocycles. The van der Waals surface area contributed by atoms with Crippen LogP contribution in [0.4, 0.5) is 0 Å². The fourth-order valence-corrected chi connectivity index (χ4v) is 6.63. The van der Waals surface area contributed by atoms with Gasteiger partial charge in [-0.1, -0.05) is 50.3 Å². The molecule has 0 unspecified atom stereocenters. The third-order valence-electron chi connectivity index (χ3n) is 8.77. The van der Waals surface area contributed by atoms with E-state index in [1.54, 1.807) is 0 Å². The Kier molecular flexibility index (Phi) is 7.76. The number of aromatic nitrogens is 2. The van der Waals surface area contributed by atoms with Gasteiger partial charge in [-0.15, -0.1) is 0 Å². The van der Waals surface area contributed by atoms with Gasteiger partial charge in [0.05, 0.1) is 17.0 Å². The van der Waals surface area contributed by atoms with Gasteiger partial charge in [-0.25, -0.2) is 4.98 Å². The molecule has 38 heavy (non-hydrogen) atoms. The van der Waals surface area contributed by atoms with Crippen LogP contribution in [0.3, 0.4) is 0 Å². The highest BCUT2D eigenvalue weighted by molar-refractivity contribution is 5.76. The Bertz CT molecular complexity index is 1270. The molecule has 1 heterocycles. The number of fused-ring (bicyclic) bond motifs is 3. The van der Waals surface area contributed by atoms with Gasteiger partial charge >= 0.3 is 5.97 Å². The minimum atomic E-state index is -0.405. The number of hydrogen-bond acceptors (Lipinski definition) is 4. The number of imidazole rings is 1. The normalized spacial score (nSPS) is 22.9. The largest absolute Gasteiger partial charge is 0.458 e. The first-order valence-corrected chi connectivity index (χ1v) is 14.4. The quantitative estimate of drug-likeness (QED) is 0.300. The summed E-state index contributed by atoms with van der Waals surface area (Å²) in [6.45, 7) is 10.2. The van der Waals surface area contributed by atoms with Crippen LogP contribution in [-0.2, 0) is 16.0 Å². The summed E-state index contributed by atoms with van der Waals surface area (Å²) in [4.78, 5) is 23.5. The van der Waals surface area contributed by atoms with E-state index >= 15 is 0 Å². The van der Waals surface area contributed by atoms with Crippen molar-refractivity contribution in [2.24, 2.45) is 17.8 Å². The van der Waals surface area contributed by atoms with E-state index in [4.69, 9.17) is 9.72 Å². The van der Waals surface area contributed by atoms with Crippen LogP contribution in [0.1, 0.15) is 68.5 Å². The highest BCUT2D eigenvalue weighted by Crippen LogP contribution is 2.53. The fraction of sp³-hybridized carbons (Fsp3) is 0.515. The first kappa shape index (κ1) is 26.7. The smallest absolute Gasteiger partial charge is 0.308 e. The zero-order valence-corrected chi connectivity index (χ0v) is 23.7. The highest BCUT2D eigenvalue weighted by atomic mass is 16.6. The van der Waals surface area contributed by atoms with Crippen LogP contribution in [0.15, 0.2) is 48.5 Å². The summed E-state index contributed by atoms with van der Waals surface area (Å²) in [7, 11) is 2.19. The molecule has 1 aromatic heterocycles. The minimum absolute atomic E-state index is 0.0629. The van der Waals surface area contributed by atoms with Gasteiger partial charge in [0.15, 0.2) is 0 Å². The third kappa shape index (κ3) is 5.44. The van der Waals surface area contributed by atoms with E-state index in [2.05, 4.69) is 67.2 Å². The number of aromatic amines is 1. The Balaban J connectivity index is 1.27. The fourth-order valence-electron chi connectivity index (χ4n) is 6.63. The number of nitrogens with one attached hydrogen (secondary N) is 1. The zero-order valence-electron chi connectivity index (χ0n) is 23.7. The average Bonchev–Trinajstić information content (AvgIpc) is 3.31. The third-order valence-corrected chi connectivity index (χ3v) is 8.77. The summed E-state index contributed by atoms with van der Waals surface area (Å²) in [5.41, 5.74) is 7.31. The number of aryl methyl sites for hydroxylation is 3. The van der Waals surface area contributed by atoms with Crippen molar-refractivity contribution in [3.8, 4) is 0 Å². The van der Waals surface area contributed by atoms with Crippen LogP contribution in [-0.4, -0.2) is 46.6 Å². The molecule has 5 heteroatoms. The second-order valence-electron chi connectivity index (χ2n) is 12.0. The lowest BCUT2D eigenvalue weighted by Crippen LogP contribution is -2.51. The van der Waals surface area contributed by atoms with Crippen LogP contribution in [0, 0.1) is 31.6 Å². The topological polar surface area (TPSA) is 58.2 Å². The molecule has 3 aliphatic rings. The summed E-state index contributed by atoms with van der Waals surface area (Å²) in [5.74, 6) is 1.59. The number of carbonyl (C=O) groups is 1. The van der Waals surface area contributed by atoms with Crippen LogP contribution in [0.5, 0.6) is 0 Å². The molecule has 0 spiro atoms. The maximum absolute atomic E-state index is 12.9. The van der Waals surface area contributed by atoms with E-state index < -0.39 is 5.60 Å². The Hall–Kier alpha value is -2.92. The second kappa shape index (κ2) is 11.1. The molecular formula is C33H43N3O2. The van der Waals surface area contributed by atoms with E-state index in [1.165, 1.54) is 28.7 Å². The summed E-state index contributed by atoms with van der Waals surface area (Å²) in [6, 6.07) is 14.8. The van der Waals surface area contributed by atoms with Gasteiger partial charge in [-0.05, 0) is 93.4 Å². The van der Waals surface area contributed by atoms with Crippen molar-refractivity contribution in [1.82, 2.24) is 14.9 Å². The van der Waals surface area contributed by atoms with Crippen molar-refractivity contribution in [2.75, 3.05) is 20.1 Å². The number of esters is 1. The molecule has 0 aliphatic heterocycles. The number of hydrogen-bond donors (Lipinski definition) is 1. The standard InChI is InChI=1S/C33H43N3O2/c1-22(2)32(37)38-33(17-19-36(5)18-9-14-30-34-28-12-6-7-13-29(28)35-30)21-25-15-16-26(33)20-27(25)31-23(3)10-8-11-24(31)4/h6-8,10-13,20,22,25-26H,9,14-19,21H2,1-5H3,(H,34,35)/t25-,26-,33+/m0/s1. The van der Waals surface area contributed by atoms with Gasteiger partial charge in [0.1, 0.15) is 11.4 Å². The molecule has 3 atom stereocenters. The minimum Gasteiger partial charge on any atom is -0.458 e. The Morgan fingerprint density at radius 2 is 1.87 bits per heavy atom. The number of H-pyrrole nitrogens is 1. The predicted octanol–water partition coefficient (Wildman–Crippen LogP) is 6.89. The second-order valence-corrected chi connectivity index (χ2v) is 12.0. The number of benzene rings is 2. The number of rotatable bonds is 10. The molecule has 0 radical (unpaired) electrons. The van der Waals surface area contributed by atoms with E-state index in [-0.39, 0.29) is 17.8 Å². The van der Waals surface area contributed by atoms with Crippen molar-refractivity contribution in [1.29, 1.82) is 0 Å². The number of ether oxygens (including phenoxy) is 1. The highest BCUT2D eigenvalue weighted by Gasteiger charge is 2.50. The Morgan fingerprint density at radius 1 is 1.11 bits per heavy atom. The summed E-state index contributed by atoms with van der Waals surface area (Å²) >= 11 is 0. The molecule has 202 valence electrons. The molecule has 3 aromatic rings. The van der Waals surface area contributed by atoms with E-state index in [0.29, 0.717) is 5.92 Å². The number of para-hydroxylation sites is 2. The molecule has 1 fully saturated rings. The lowest BCUT2D eigenvalue weighted by Gasteiger charge is -2.51. The molecule has 2 aromatic carbocycles. The van der Waals surface area contributed by atoms with Crippen LogP contribution in [0.2, 0.25) is 0 Å². The maximum Gasteiger partial charge on any atom is 0.308 e. The van der Waals surface area contributed by atoms with Gasteiger partial charge in [0.2, 0.25) is 0 Å². The summed E-state index contributed by atoms with van der Waals surface area (Å²) in [5, 5.41) is 0. The Morgan fingerprint density at radius 3 is 2.55 bits per heavy atom. The van der Waals surface area contributed by atoms with Gasteiger partial charge in [-0.3, -0.25) is 4.79 Å². The van der Waals surface area contributed by atoms with Crippen LogP contribution in [0.25, 0.3) is 16.6 Å². The van der Waals surface area contributed by atoms with E-state index in [9.17, 15) is 4.79 Å². The molecule has 5 nitrogen and oxygen atoms in total. The molecule has 1 saturated carbocycles. The first-order valence-electron chi connectivity index (χ1n) is 14.4. The molecule has 0 amide bonds. The van der Waals surface area contributed by atoms with Crippen molar-refractivity contribution in [3.05, 3.63) is 71.1 Å². The van der Waals surface area contributed by atoms with Crippen LogP contribution >= 0.6 is 0 Å². The predicted molar refractivity (Wildman–Crippen MR) is 155 cm³/mol. The lowest BCUT2D eigenvalue weighted by molar-refractivity contribution is -0.176. The van der Waals surface area contributed by atoms with Crippen molar-refractivity contribution in [2.45, 2.75) is 71.8 Å².